The number of nitrogens with one attached hydrogen (secondary N) is 1. The van der Waals surface area contributed by atoms with Crippen LogP contribution in [0.4, 0.5) is 10.1 Å². The topological polar surface area (TPSA) is 58.2 Å². The van der Waals surface area contributed by atoms with Gasteiger partial charge in [-0.05, 0) is 43.4 Å². The molecule has 2 heterocycles. The van der Waals surface area contributed by atoms with Crippen LogP contribution in [0, 0.1) is 25.6 Å². The fourth-order valence-electron chi connectivity index (χ4n) is 3.51. The van der Waals surface area contributed by atoms with E-state index in [9.17, 15) is 9.18 Å². The van der Waals surface area contributed by atoms with Crippen molar-refractivity contribution in [2.24, 2.45) is 5.92 Å². The van der Waals surface area contributed by atoms with Gasteiger partial charge in [-0.15, -0.1) is 12.4 Å². The van der Waals surface area contributed by atoms with Gasteiger partial charge < -0.3 is 9.64 Å². The van der Waals surface area contributed by atoms with Crippen LogP contribution in [0.1, 0.15) is 43.1 Å². The van der Waals surface area contributed by atoms with Crippen molar-refractivity contribution in [3.05, 3.63) is 57.3 Å². The van der Waals surface area contributed by atoms with Gasteiger partial charge in [-0.1, -0.05) is 26.0 Å². The summed E-state index contributed by atoms with van der Waals surface area (Å²) in [6, 6.07) is 5.12. The molecule has 3 rings (SSSR count). The molecule has 2 unspecified atom stereocenters. The molecular weight excluding hydrogens is 369 g/mol. The van der Waals surface area contributed by atoms with Crippen LogP contribution in [0.2, 0.25) is 0 Å². The average molecular weight is 396 g/mol. The van der Waals surface area contributed by atoms with Crippen molar-refractivity contribution in [3.8, 4) is 0 Å². The number of morpholine rings is 1. The standard InChI is InChI=1S/C20H26FN3O2.ClH/c1-12(2)7-16-10-24(18-9-22-23-20(25)14(18)4)11-19(26-16)15-5-6-17(21)13(3)8-15;/h5-6,8-9,12,16,19H,7,10-11H2,1-4H3,(H,23,25);1H. The van der Waals surface area contributed by atoms with Gasteiger partial charge in [0.2, 0.25) is 0 Å². The number of ether oxygens (including phenoxy) is 1. The summed E-state index contributed by atoms with van der Waals surface area (Å²) >= 11 is 0. The van der Waals surface area contributed by atoms with Crippen molar-refractivity contribution < 1.29 is 9.13 Å². The van der Waals surface area contributed by atoms with Crippen LogP contribution in [-0.2, 0) is 4.74 Å². The molecule has 5 nitrogen and oxygen atoms in total. The predicted molar refractivity (Wildman–Crippen MR) is 107 cm³/mol. The first-order valence-corrected chi connectivity index (χ1v) is 9.06. The minimum Gasteiger partial charge on any atom is -0.367 e. The highest BCUT2D eigenvalue weighted by Crippen LogP contribution is 2.31. The zero-order valence-corrected chi connectivity index (χ0v) is 17.0. The van der Waals surface area contributed by atoms with Crippen molar-refractivity contribution in [3.63, 3.8) is 0 Å². The molecule has 1 aliphatic heterocycles. The maximum absolute atomic E-state index is 13.7. The third-order valence-corrected chi connectivity index (χ3v) is 4.87. The first kappa shape index (κ1) is 21.4. The zero-order valence-electron chi connectivity index (χ0n) is 16.2. The summed E-state index contributed by atoms with van der Waals surface area (Å²) in [6.45, 7) is 9.21. The molecule has 1 aromatic heterocycles. The summed E-state index contributed by atoms with van der Waals surface area (Å²) < 4.78 is 20.0. The Hall–Kier alpha value is -1.92. The smallest absolute Gasteiger partial charge is 0.269 e. The number of anilines is 1. The quantitative estimate of drug-likeness (QED) is 0.851. The van der Waals surface area contributed by atoms with Crippen LogP contribution in [-0.4, -0.2) is 29.4 Å². The second-order valence-corrected chi connectivity index (χ2v) is 7.50. The Morgan fingerprint density at radius 2 is 2.07 bits per heavy atom. The first-order valence-electron chi connectivity index (χ1n) is 9.06. The van der Waals surface area contributed by atoms with Crippen LogP contribution in [0.5, 0.6) is 0 Å². The summed E-state index contributed by atoms with van der Waals surface area (Å²) in [5, 5.41) is 6.43. The number of hydrogen-bond acceptors (Lipinski definition) is 4. The van der Waals surface area contributed by atoms with Gasteiger partial charge in [0.15, 0.2) is 0 Å². The third-order valence-electron chi connectivity index (χ3n) is 4.87. The van der Waals surface area contributed by atoms with Gasteiger partial charge in [-0.3, -0.25) is 4.79 Å². The number of hydrogen-bond donors (Lipinski definition) is 1. The lowest BCUT2D eigenvalue weighted by Crippen LogP contribution is -2.45. The zero-order chi connectivity index (χ0) is 18.8. The van der Waals surface area contributed by atoms with Crippen LogP contribution in [0.25, 0.3) is 0 Å². The number of H-pyrrole nitrogens is 1. The highest BCUT2D eigenvalue weighted by atomic mass is 35.5. The molecule has 0 radical (unpaired) electrons. The van der Waals surface area contributed by atoms with Crippen molar-refractivity contribution in [1.82, 2.24) is 10.2 Å². The van der Waals surface area contributed by atoms with Gasteiger partial charge in [0.1, 0.15) is 11.9 Å². The largest absolute Gasteiger partial charge is 0.367 e. The lowest BCUT2D eigenvalue weighted by Gasteiger charge is -2.40. The minimum absolute atomic E-state index is 0. The van der Waals surface area contributed by atoms with Gasteiger partial charge in [0.25, 0.3) is 5.56 Å². The number of aromatic nitrogens is 2. The molecular formula is C20H27ClFN3O2. The Labute approximate surface area is 165 Å². The molecule has 0 saturated carbocycles. The maximum Gasteiger partial charge on any atom is 0.269 e. The molecule has 148 valence electrons. The molecule has 1 aliphatic rings. The van der Waals surface area contributed by atoms with Gasteiger partial charge in [0, 0.05) is 18.7 Å². The summed E-state index contributed by atoms with van der Waals surface area (Å²) in [7, 11) is 0. The van der Waals surface area contributed by atoms with E-state index in [4.69, 9.17) is 4.74 Å². The fourth-order valence-corrected chi connectivity index (χ4v) is 3.51. The molecule has 0 amide bonds. The SMILES string of the molecule is Cc1cc(C2CN(c3cn[nH]c(=O)c3C)CC(CC(C)C)O2)ccc1F.Cl. The lowest BCUT2D eigenvalue weighted by molar-refractivity contribution is -0.0367. The molecule has 1 fully saturated rings. The number of nitrogens with zero attached hydrogens (tertiary/aromatic N) is 2. The highest BCUT2D eigenvalue weighted by Gasteiger charge is 2.30. The lowest BCUT2D eigenvalue weighted by atomic mass is 9.99. The van der Waals surface area contributed by atoms with E-state index in [-0.39, 0.29) is 36.0 Å². The number of halogens is 2. The molecule has 0 bridgehead atoms. The van der Waals surface area contributed by atoms with Gasteiger partial charge in [-0.25, -0.2) is 9.49 Å². The number of rotatable bonds is 4. The van der Waals surface area contributed by atoms with E-state index >= 15 is 0 Å². The second-order valence-electron chi connectivity index (χ2n) is 7.50. The van der Waals surface area contributed by atoms with E-state index in [1.807, 2.05) is 6.07 Å². The van der Waals surface area contributed by atoms with Crippen LogP contribution in [0.15, 0.2) is 29.2 Å². The predicted octanol–water partition coefficient (Wildman–Crippen LogP) is 3.94. The minimum atomic E-state index is -0.213. The summed E-state index contributed by atoms with van der Waals surface area (Å²) in [5.41, 5.74) is 2.87. The van der Waals surface area contributed by atoms with E-state index in [0.29, 0.717) is 30.1 Å². The number of aromatic amines is 1. The molecule has 2 atom stereocenters. The molecule has 27 heavy (non-hydrogen) atoms. The Morgan fingerprint density at radius 3 is 2.74 bits per heavy atom. The summed E-state index contributed by atoms with van der Waals surface area (Å²) in [6.07, 6.45) is 2.48. The van der Waals surface area contributed by atoms with E-state index in [2.05, 4.69) is 28.9 Å². The molecule has 0 spiro atoms. The fraction of sp³-hybridized carbons (Fsp3) is 0.500. The first-order chi connectivity index (χ1) is 12.3. The second kappa shape index (κ2) is 8.85. The molecule has 1 saturated heterocycles. The normalized spacial score (nSPS) is 19.9. The van der Waals surface area contributed by atoms with Crippen LogP contribution in [0.3, 0.4) is 0 Å². The van der Waals surface area contributed by atoms with E-state index in [0.717, 1.165) is 17.7 Å². The van der Waals surface area contributed by atoms with Crippen molar-refractivity contribution in [2.75, 3.05) is 18.0 Å². The average Bonchev–Trinajstić information content (AvgIpc) is 2.59. The monoisotopic (exact) mass is 395 g/mol. The number of benzene rings is 1. The van der Waals surface area contributed by atoms with Crippen molar-refractivity contribution in [2.45, 2.75) is 46.3 Å². The third kappa shape index (κ3) is 4.87. The van der Waals surface area contributed by atoms with Gasteiger partial charge >= 0.3 is 0 Å². The van der Waals surface area contributed by atoms with Gasteiger partial charge in [-0.2, -0.15) is 5.10 Å². The molecule has 2 aromatic rings. The summed E-state index contributed by atoms with van der Waals surface area (Å²) in [4.78, 5) is 14.1. The molecule has 1 aromatic carbocycles. The maximum atomic E-state index is 13.7. The Bertz CT molecular complexity index is 840. The molecule has 0 aliphatic carbocycles. The van der Waals surface area contributed by atoms with Crippen LogP contribution < -0.4 is 10.5 Å². The van der Waals surface area contributed by atoms with E-state index in [1.165, 1.54) is 6.07 Å². The Morgan fingerprint density at radius 1 is 1.33 bits per heavy atom. The summed E-state index contributed by atoms with van der Waals surface area (Å²) in [5.74, 6) is 0.281. The van der Waals surface area contributed by atoms with E-state index in [1.54, 1.807) is 26.1 Å². The Kier molecular flexibility index (Phi) is 7.00. The van der Waals surface area contributed by atoms with Crippen molar-refractivity contribution >= 4 is 18.1 Å². The molecule has 1 N–H and O–H groups in total. The van der Waals surface area contributed by atoms with Crippen LogP contribution >= 0.6 is 12.4 Å². The highest BCUT2D eigenvalue weighted by molar-refractivity contribution is 5.85. The molecule has 7 heteroatoms. The number of aryl methyl sites for hydroxylation is 1. The van der Waals surface area contributed by atoms with Crippen molar-refractivity contribution in [1.29, 1.82) is 0 Å². The van der Waals surface area contributed by atoms with Gasteiger partial charge in [0.05, 0.1) is 18.0 Å². The Balaban J connectivity index is 0.00000261. The van der Waals surface area contributed by atoms with E-state index < -0.39 is 0 Å².